The van der Waals surface area contributed by atoms with E-state index < -0.39 is 5.41 Å². The second-order valence-electron chi connectivity index (χ2n) is 38.9. The van der Waals surface area contributed by atoms with Crippen LogP contribution in [0.4, 0.5) is 0 Å². The second-order valence-corrected chi connectivity index (χ2v) is 41.0. The quantitative estimate of drug-likeness (QED) is 0.105. The van der Waals surface area contributed by atoms with Crippen LogP contribution in [0.25, 0.3) is 263 Å². The topological polar surface area (TPSA) is 123 Å². The van der Waals surface area contributed by atoms with Gasteiger partial charge in [-0.25, -0.2) is 29.9 Å². The van der Waals surface area contributed by atoms with E-state index in [0.29, 0.717) is 41.4 Å². The van der Waals surface area contributed by atoms with Gasteiger partial charge in [-0.1, -0.05) is 336 Å². The molecule has 0 saturated carbocycles. The lowest BCUT2D eigenvalue weighted by Gasteiger charge is -2.29. The lowest BCUT2D eigenvalue weighted by Crippen LogP contribution is -2.24. The van der Waals surface area contributed by atoms with Gasteiger partial charge in [-0.2, -0.15) is 0 Å². The number of thiophene rings is 2. The van der Waals surface area contributed by atoms with Gasteiger partial charge < -0.3 is 18.3 Å². The van der Waals surface area contributed by atoms with Crippen LogP contribution in [-0.2, 0) is 17.3 Å². The van der Waals surface area contributed by atoms with Gasteiger partial charge in [-0.05, 0) is 147 Å². The molecule has 10 heterocycles. The highest BCUT2D eigenvalue weighted by Gasteiger charge is 2.44. The Labute approximate surface area is 834 Å². The van der Waals surface area contributed by atoms with Crippen molar-refractivity contribution < 1.29 is 0 Å². The summed E-state index contributed by atoms with van der Waals surface area (Å²) < 4.78 is 15.0. The molecule has 0 N–H and O–H groups in total. The third kappa shape index (κ3) is 12.0. The molecule has 0 amide bonds. The van der Waals surface area contributed by atoms with Crippen LogP contribution >= 0.6 is 22.7 Å². The maximum Gasteiger partial charge on any atom is 0.164 e. The number of hydrogen-bond donors (Lipinski definition) is 0. The fraction of sp³-hybridized carbons (Fsp3) is 0.0462. The first-order valence-electron chi connectivity index (χ1n) is 49.0. The summed E-state index contributed by atoms with van der Waals surface area (Å²) in [5.41, 5.74) is 31.8. The summed E-state index contributed by atoms with van der Waals surface area (Å²) in [6, 6.07) is 148. The van der Waals surface area contributed by atoms with Crippen molar-refractivity contribution in [3.8, 4) is 136 Å². The van der Waals surface area contributed by atoms with E-state index in [4.69, 9.17) is 39.9 Å². The van der Waals surface area contributed by atoms with E-state index in [0.717, 1.165) is 133 Å². The molecule has 1 atom stereocenters. The normalized spacial score (nSPS) is 13.8. The number of nitrogens with zero attached hydrogens (tertiary/aromatic N) is 12. The minimum Gasteiger partial charge on any atom is -0.309 e. The average Bonchev–Trinajstić information content (AvgIpc) is 1.51. The van der Waals surface area contributed by atoms with E-state index in [9.17, 15) is 0 Å². The van der Waals surface area contributed by atoms with Crippen LogP contribution < -0.4 is 0 Å². The number of benzene rings is 18. The van der Waals surface area contributed by atoms with E-state index in [1.54, 1.807) is 0 Å². The molecule has 674 valence electrons. The standard InChI is InChI=1S/C130H82N12S2/c1-129(2)97-49-23-16-40-81(97)85-59-64-105-115(119(85)129)89-44-18-26-52-100(89)141(105)109-74-131-70-68-92(109)113-94(127-135-123(77-32-8-4-9-33-77)133-124(136-127)78-34-10-5-11-35-78)47-30-54-103(113)139-99-51-25-19-45-90(99)116-106(139)65-60-86-82-41-17-24-50-98(82)130(3,120(86)116)73-76-58-63-102-96(72-76)118-108(67-62-88-84-43-22-29-57-112(84)144-122(88)118)142(102)110-75-132-71-69-93(110)114-95(128-137-125(79-36-12-6-13-37-79)134-126(138-128)80-38-14-7-15-39-80)48-31-55-104(114)140-101-53-27-20-46-91(101)117-107(140)66-61-87-83-42-21-28-56-111(83)143-121(87)117/h4-72,74-75H,73H2,1-3H3. The molecule has 0 saturated heterocycles. The number of rotatable bonds is 14. The molecule has 30 rings (SSSR count). The molecule has 0 fully saturated rings. The highest BCUT2D eigenvalue weighted by Crippen LogP contribution is 2.59. The lowest BCUT2D eigenvalue weighted by atomic mass is 9.74. The molecule has 14 heteroatoms. The summed E-state index contributed by atoms with van der Waals surface area (Å²) in [4.78, 5) is 43.5. The number of para-hydroxylation sites is 3. The molecule has 12 nitrogen and oxygen atoms in total. The molecule has 28 aromatic rings. The number of fused-ring (bicyclic) bond motifs is 28. The zero-order valence-corrected chi connectivity index (χ0v) is 80.0. The fourth-order valence-corrected chi connectivity index (χ4v) is 27.2. The molecular weight excluding hydrogens is 1790 g/mol. The molecule has 0 radical (unpaired) electrons. The Morgan fingerprint density at radius 3 is 1.06 bits per heavy atom. The van der Waals surface area contributed by atoms with Gasteiger partial charge >= 0.3 is 0 Å². The third-order valence-corrected chi connectivity index (χ3v) is 33.1. The molecule has 0 aliphatic heterocycles. The minimum absolute atomic E-state index is 0.302. The van der Waals surface area contributed by atoms with Crippen molar-refractivity contribution in [1.29, 1.82) is 0 Å². The number of aromatic nitrogens is 12. The number of pyridine rings is 2. The third-order valence-electron chi connectivity index (χ3n) is 30.7. The van der Waals surface area contributed by atoms with Crippen LogP contribution in [0.2, 0.25) is 0 Å². The lowest BCUT2D eigenvalue weighted by molar-refractivity contribution is 0.588. The maximum atomic E-state index is 5.63. The zero-order chi connectivity index (χ0) is 94.9. The van der Waals surface area contributed by atoms with Gasteiger partial charge in [0.25, 0.3) is 0 Å². The van der Waals surface area contributed by atoms with Gasteiger partial charge in [-0.15, -0.1) is 22.7 Å². The molecule has 2 aliphatic carbocycles. The molecule has 0 spiro atoms. The first-order chi connectivity index (χ1) is 71.1. The Balaban J connectivity index is 0.640. The Morgan fingerprint density at radius 2 is 0.583 bits per heavy atom. The average molecular weight is 1880 g/mol. The molecule has 144 heavy (non-hydrogen) atoms. The van der Waals surface area contributed by atoms with Crippen molar-refractivity contribution in [2.75, 3.05) is 0 Å². The Kier molecular flexibility index (Phi) is 17.9. The van der Waals surface area contributed by atoms with Crippen LogP contribution in [-0.4, -0.2) is 58.1 Å². The molecule has 1 unspecified atom stereocenters. The summed E-state index contributed by atoms with van der Waals surface area (Å²) in [6.07, 6.45) is 8.72. The first-order valence-corrected chi connectivity index (χ1v) is 50.7. The molecule has 18 aromatic carbocycles. The molecule has 2 aliphatic rings. The van der Waals surface area contributed by atoms with Crippen LogP contribution in [0, 0.1) is 0 Å². The predicted octanol–water partition coefficient (Wildman–Crippen LogP) is 33.1. The largest absolute Gasteiger partial charge is 0.309 e. The van der Waals surface area contributed by atoms with Crippen molar-refractivity contribution in [3.05, 3.63) is 459 Å². The van der Waals surface area contributed by atoms with Gasteiger partial charge in [-0.3, -0.25) is 9.97 Å². The smallest absolute Gasteiger partial charge is 0.164 e. The maximum absolute atomic E-state index is 5.63. The zero-order valence-electron chi connectivity index (χ0n) is 78.4. The molecular formula is C130H82N12S2. The highest BCUT2D eigenvalue weighted by molar-refractivity contribution is 7.27. The van der Waals surface area contributed by atoms with Crippen molar-refractivity contribution in [3.63, 3.8) is 0 Å². The van der Waals surface area contributed by atoms with E-state index in [1.807, 2.05) is 83.6 Å². The van der Waals surface area contributed by atoms with Crippen LogP contribution in [0.5, 0.6) is 0 Å². The second kappa shape index (κ2) is 31.5. The Bertz CT molecular complexity index is 10200. The van der Waals surface area contributed by atoms with Gasteiger partial charge in [0.05, 0.1) is 79.3 Å². The first kappa shape index (κ1) is 81.9. The van der Waals surface area contributed by atoms with E-state index in [-0.39, 0.29) is 5.41 Å². The fourth-order valence-electron chi connectivity index (χ4n) is 24.6. The van der Waals surface area contributed by atoms with E-state index in [2.05, 4.69) is 409 Å². The van der Waals surface area contributed by atoms with Crippen LogP contribution in [0.3, 0.4) is 0 Å². The molecule has 0 bridgehead atoms. The Morgan fingerprint density at radius 1 is 0.236 bits per heavy atom. The summed E-state index contributed by atoms with van der Waals surface area (Å²) in [7, 11) is 0. The van der Waals surface area contributed by atoms with Gasteiger partial charge in [0.15, 0.2) is 34.9 Å². The minimum atomic E-state index is -0.622. The van der Waals surface area contributed by atoms with E-state index >= 15 is 0 Å². The summed E-state index contributed by atoms with van der Waals surface area (Å²) in [5, 5.41) is 14.4. The van der Waals surface area contributed by atoms with Crippen LogP contribution in [0.1, 0.15) is 48.6 Å². The highest BCUT2D eigenvalue weighted by atomic mass is 32.1. The van der Waals surface area contributed by atoms with Crippen molar-refractivity contribution in [2.24, 2.45) is 0 Å². The van der Waals surface area contributed by atoms with Gasteiger partial charge in [0.1, 0.15) is 0 Å². The van der Waals surface area contributed by atoms with Crippen molar-refractivity contribution in [2.45, 2.75) is 38.0 Å². The summed E-state index contributed by atoms with van der Waals surface area (Å²) in [6.45, 7) is 7.30. The number of hydrogen-bond acceptors (Lipinski definition) is 10. The SMILES string of the molecule is CC1(C)c2ccccc2-c2ccc3c(c21)c1ccccc1n3-c1cnccc1-c1c(-c2nc(-c3ccccc3)nc(-c3ccccc3)n2)cccc1-n1c2ccccc2c2c3c(ccc21)-c1ccccc1C3(C)Cc1ccc2c(c1)c1c3sc4ccccc4c3ccc1n2-c1cnccc1-c1c(-c2nc(-c3ccccc3)nc(-c3ccccc3)n2)cccc1-n1c2ccccc2c2c3sc4ccccc4c3ccc21. The van der Waals surface area contributed by atoms with E-state index in [1.165, 1.54) is 123 Å². The van der Waals surface area contributed by atoms with Crippen molar-refractivity contribution in [1.82, 2.24) is 58.1 Å². The van der Waals surface area contributed by atoms with Gasteiger partial charge in [0, 0.05) is 162 Å². The van der Waals surface area contributed by atoms with Crippen molar-refractivity contribution >= 4 is 150 Å². The van der Waals surface area contributed by atoms with Gasteiger partial charge in [0.2, 0.25) is 0 Å². The monoisotopic (exact) mass is 1870 g/mol. The summed E-state index contributed by atoms with van der Waals surface area (Å²) in [5.74, 6) is 3.37. The molecule has 10 aromatic heterocycles. The summed E-state index contributed by atoms with van der Waals surface area (Å²) >= 11 is 3.73. The Hall–Kier alpha value is -18.1. The predicted molar refractivity (Wildman–Crippen MR) is 595 cm³/mol. The van der Waals surface area contributed by atoms with Crippen LogP contribution in [0.15, 0.2) is 431 Å².